The maximum atomic E-state index is 2.40. The zero-order valence-corrected chi connectivity index (χ0v) is 10.1. The Bertz CT molecular complexity index is 158. The molecule has 0 aromatic heterocycles. The van der Waals surface area contributed by atoms with Crippen LogP contribution in [0.2, 0.25) is 0 Å². The molecule has 1 heteroatoms. The maximum Gasteiger partial charge on any atom is 0.0787 e. The molecule has 78 valence electrons. The first-order valence-electron chi connectivity index (χ1n) is 5.71. The minimum absolute atomic E-state index is 0.527. The van der Waals surface area contributed by atoms with Crippen LogP contribution in [0.5, 0.6) is 0 Å². The van der Waals surface area contributed by atoms with Crippen molar-refractivity contribution in [1.29, 1.82) is 0 Å². The largest absolute Gasteiger partial charge is 0.326 e. The fraction of sp³-hybridized carbons (Fsp3) is 1.00. The molecule has 0 saturated carbocycles. The Morgan fingerprint density at radius 2 is 1.62 bits per heavy atom. The molecule has 1 nitrogen and oxygen atoms in total. The maximum absolute atomic E-state index is 2.40. The van der Waals surface area contributed by atoms with E-state index in [2.05, 4.69) is 34.7 Å². The first-order chi connectivity index (χ1) is 5.87. The van der Waals surface area contributed by atoms with Gasteiger partial charge >= 0.3 is 0 Å². The molecule has 0 unspecified atom stereocenters. The average molecular weight is 184 g/mol. The standard InChI is InChI=1S/C12H26N/c1-6-13(5)9-7-11(8-10-13)12(2,3)4/h11H,6-10H2,1-5H3/q+1. The van der Waals surface area contributed by atoms with Crippen LogP contribution in [0, 0.1) is 11.3 Å². The smallest absolute Gasteiger partial charge is 0.0787 e. The second-order valence-corrected chi connectivity index (χ2v) is 6.02. The number of hydrogen-bond donors (Lipinski definition) is 0. The van der Waals surface area contributed by atoms with Gasteiger partial charge in [0.1, 0.15) is 0 Å². The van der Waals surface area contributed by atoms with Crippen molar-refractivity contribution < 1.29 is 4.48 Å². The van der Waals surface area contributed by atoms with Crippen LogP contribution in [0.3, 0.4) is 0 Å². The minimum atomic E-state index is 0.527. The van der Waals surface area contributed by atoms with E-state index in [9.17, 15) is 0 Å². The average Bonchev–Trinajstić information content (AvgIpc) is 2.04. The molecule has 0 aromatic carbocycles. The third-order valence-corrected chi connectivity index (χ3v) is 4.02. The Balaban J connectivity index is 2.48. The van der Waals surface area contributed by atoms with Gasteiger partial charge in [-0.05, 0) is 18.3 Å². The number of rotatable bonds is 1. The van der Waals surface area contributed by atoms with E-state index in [1.807, 2.05) is 0 Å². The van der Waals surface area contributed by atoms with E-state index >= 15 is 0 Å². The van der Waals surface area contributed by atoms with Crippen molar-refractivity contribution in [3.05, 3.63) is 0 Å². The van der Waals surface area contributed by atoms with Gasteiger partial charge in [0, 0.05) is 12.8 Å². The van der Waals surface area contributed by atoms with E-state index in [4.69, 9.17) is 0 Å². The predicted molar refractivity (Wildman–Crippen MR) is 58.6 cm³/mol. The lowest BCUT2D eigenvalue weighted by atomic mass is 9.75. The van der Waals surface area contributed by atoms with Gasteiger partial charge in [-0.1, -0.05) is 20.8 Å². The SMILES string of the molecule is CC[N+]1(C)CCC(C(C)(C)C)CC1. The van der Waals surface area contributed by atoms with E-state index < -0.39 is 0 Å². The van der Waals surface area contributed by atoms with Crippen LogP contribution in [-0.4, -0.2) is 31.2 Å². The summed E-state index contributed by atoms with van der Waals surface area (Å²) in [5.41, 5.74) is 0.527. The van der Waals surface area contributed by atoms with Crippen LogP contribution >= 0.6 is 0 Å². The molecule has 0 amide bonds. The second-order valence-electron chi connectivity index (χ2n) is 6.02. The molecular weight excluding hydrogens is 158 g/mol. The van der Waals surface area contributed by atoms with Gasteiger partial charge in [0.05, 0.1) is 26.7 Å². The number of hydrogen-bond acceptors (Lipinski definition) is 0. The van der Waals surface area contributed by atoms with Gasteiger partial charge in [-0.2, -0.15) is 0 Å². The van der Waals surface area contributed by atoms with Crippen LogP contribution in [0.1, 0.15) is 40.5 Å². The molecular formula is C12H26N+. The number of nitrogens with zero attached hydrogens (tertiary/aromatic N) is 1. The molecule has 0 radical (unpaired) electrons. The lowest BCUT2D eigenvalue weighted by Crippen LogP contribution is -2.51. The molecule has 1 aliphatic heterocycles. The molecule has 0 spiro atoms. The molecule has 1 aliphatic rings. The molecule has 13 heavy (non-hydrogen) atoms. The Labute approximate surface area is 83.7 Å². The monoisotopic (exact) mass is 184 g/mol. The van der Waals surface area contributed by atoms with E-state index in [-0.39, 0.29) is 0 Å². The van der Waals surface area contributed by atoms with Crippen molar-refractivity contribution in [2.45, 2.75) is 40.5 Å². The highest BCUT2D eigenvalue weighted by atomic mass is 15.3. The fourth-order valence-corrected chi connectivity index (χ4v) is 2.37. The second kappa shape index (κ2) is 3.61. The van der Waals surface area contributed by atoms with Crippen molar-refractivity contribution in [1.82, 2.24) is 0 Å². The lowest BCUT2D eigenvalue weighted by molar-refractivity contribution is -0.913. The highest BCUT2D eigenvalue weighted by molar-refractivity contribution is 4.76. The molecule has 1 saturated heterocycles. The quantitative estimate of drug-likeness (QED) is 0.550. The summed E-state index contributed by atoms with van der Waals surface area (Å²) in [5.74, 6) is 0.949. The Morgan fingerprint density at radius 1 is 1.15 bits per heavy atom. The molecule has 1 rings (SSSR count). The Hall–Kier alpha value is -0.0400. The predicted octanol–water partition coefficient (Wildman–Crippen LogP) is 2.91. The lowest BCUT2D eigenvalue weighted by Gasteiger charge is -2.43. The van der Waals surface area contributed by atoms with Crippen molar-refractivity contribution in [3.8, 4) is 0 Å². The van der Waals surface area contributed by atoms with Crippen LogP contribution in [0.4, 0.5) is 0 Å². The molecule has 0 atom stereocenters. The van der Waals surface area contributed by atoms with Gasteiger partial charge in [-0.15, -0.1) is 0 Å². The summed E-state index contributed by atoms with van der Waals surface area (Å²) < 4.78 is 1.30. The van der Waals surface area contributed by atoms with Gasteiger partial charge < -0.3 is 4.48 Å². The summed E-state index contributed by atoms with van der Waals surface area (Å²) in [6.07, 6.45) is 2.85. The highest BCUT2D eigenvalue weighted by Gasteiger charge is 2.34. The summed E-state index contributed by atoms with van der Waals surface area (Å²) in [7, 11) is 2.40. The Morgan fingerprint density at radius 3 is 1.92 bits per heavy atom. The topological polar surface area (TPSA) is 0 Å². The third-order valence-electron chi connectivity index (χ3n) is 4.02. The molecule has 0 aromatic rings. The fourth-order valence-electron chi connectivity index (χ4n) is 2.37. The highest BCUT2D eigenvalue weighted by Crippen LogP contribution is 2.35. The van der Waals surface area contributed by atoms with E-state index in [0.29, 0.717) is 5.41 Å². The molecule has 1 heterocycles. The zero-order chi connectivity index (χ0) is 10.1. The van der Waals surface area contributed by atoms with Crippen molar-refractivity contribution in [2.75, 3.05) is 26.7 Å². The van der Waals surface area contributed by atoms with E-state index in [0.717, 1.165) is 5.92 Å². The van der Waals surface area contributed by atoms with Gasteiger partial charge in [-0.25, -0.2) is 0 Å². The third kappa shape index (κ3) is 2.70. The van der Waals surface area contributed by atoms with Crippen molar-refractivity contribution >= 4 is 0 Å². The molecule has 1 fully saturated rings. The van der Waals surface area contributed by atoms with Crippen molar-refractivity contribution in [2.24, 2.45) is 11.3 Å². The van der Waals surface area contributed by atoms with Crippen LogP contribution in [-0.2, 0) is 0 Å². The number of quaternary nitrogens is 1. The molecule has 0 N–H and O–H groups in total. The van der Waals surface area contributed by atoms with Crippen LogP contribution in [0.15, 0.2) is 0 Å². The normalized spacial score (nSPS) is 36.2. The van der Waals surface area contributed by atoms with Crippen LogP contribution < -0.4 is 0 Å². The number of likely N-dealkylation sites (tertiary alicyclic amines) is 1. The van der Waals surface area contributed by atoms with Gasteiger partial charge in [0.15, 0.2) is 0 Å². The summed E-state index contributed by atoms with van der Waals surface area (Å²) in [6, 6.07) is 0. The summed E-state index contributed by atoms with van der Waals surface area (Å²) in [5, 5.41) is 0. The summed E-state index contributed by atoms with van der Waals surface area (Å²) in [6.45, 7) is 13.6. The summed E-state index contributed by atoms with van der Waals surface area (Å²) >= 11 is 0. The molecule has 0 aliphatic carbocycles. The first kappa shape index (κ1) is 11.0. The van der Waals surface area contributed by atoms with Crippen molar-refractivity contribution in [3.63, 3.8) is 0 Å². The van der Waals surface area contributed by atoms with Gasteiger partial charge in [0.25, 0.3) is 0 Å². The Kier molecular flexibility index (Phi) is 3.06. The zero-order valence-electron chi connectivity index (χ0n) is 10.1. The van der Waals surface area contributed by atoms with Gasteiger partial charge in [0.2, 0.25) is 0 Å². The van der Waals surface area contributed by atoms with E-state index in [1.165, 1.54) is 37.0 Å². The number of piperidine rings is 1. The first-order valence-corrected chi connectivity index (χ1v) is 5.71. The molecule has 0 bridgehead atoms. The van der Waals surface area contributed by atoms with Crippen LogP contribution in [0.25, 0.3) is 0 Å². The van der Waals surface area contributed by atoms with E-state index in [1.54, 1.807) is 0 Å². The minimum Gasteiger partial charge on any atom is -0.326 e. The summed E-state index contributed by atoms with van der Waals surface area (Å²) in [4.78, 5) is 0. The van der Waals surface area contributed by atoms with Gasteiger partial charge in [-0.3, -0.25) is 0 Å².